The Hall–Kier alpha value is -1.15. The number of hydrogen-bond donors (Lipinski definition) is 1. The molecule has 2 aromatic rings. The van der Waals surface area contributed by atoms with Crippen molar-refractivity contribution in [1.82, 2.24) is 10.3 Å². The zero-order valence-electron chi connectivity index (χ0n) is 11.2. The van der Waals surface area contributed by atoms with Crippen LogP contribution in [0.25, 0.3) is 0 Å². The number of hydrogen-bond acceptors (Lipinski definition) is 6. The fraction of sp³-hybridized carbons (Fsp3) is 0.308. The second-order valence-electron chi connectivity index (χ2n) is 4.52. The first kappa shape index (κ1) is 16.2. The topological polar surface area (TPSA) is 62.3 Å². The van der Waals surface area contributed by atoms with Crippen LogP contribution in [0.15, 0.2) is 45.6 Å². The van der Waals surface area contributed by atoms with E-state index in [1.54, 1.807) is 35.7 Å². The molecule has 0 spiro atoms. The molecule has 8 heteroatoms. The number of thiazole rings is 1. The lowest BCUT2D eigenvalue weighted by atomic mass is 10.4. The SMILES string of the molecule is Cl.O=S(=O)(c1ccccc1)c1csc(N2CCNCC2)n1. The number of nitrogens with zero attached hydrogens (tertiary/aromatic N) is 2. The first-order valence-corrected chi connectivity index (χ1v) is 8.75. The van der Waals surface area contributed by atoms with Gasteiger partial charge in [0.2, 0.25) is 9.84 Å². The van der Waals surface area contributed by atoms with E-state index >= 15 is 0 Å². The van der Waals surface area contributed by atoms with Gasteiger partial charge in [-0.15, -0.1) is 23.7 Å². The van der Waals surface area contributed by atoms with E-state index in [1.165, 1.54) is 11.3 Å². The summed E-state index contributed by atoms with van der Waals surface area (Å²) >= 11 is 1.39. The number of halogens is 1. The maximum absolute atomic E-state index is 12.4. The molecule has 0 saturated carbocycles. The van der Waals surface area contributed by atoms with Gasteiger partial charge in [0.25, 0.3) is 0 Å². The van der Waals surface area contributed by atoms with E-state index in [9.17, 15) is 8.42 Å². The lowest BCUT2D eigenvalue weighted by Gasteiger charge is -2.26. The van der Waals surface area contributed by atoms with Crippen molar-refractivity contribution in [3.8, 4) is 0 Å². The number of sulfone groups is 1. The Morgan fingerprint density at radius 3 is 2.48 bits per heavy atom. The summed E-state index contributed by atoms with van der Waals surface area (Å²) in [7, 11) is -3.50. The molecule has 0 aliphatic carbocycles. The van der Waals surface area contributed by atoms with Crippen molar-refractivity contribution in [2.75, 3.05) is 31.1 Å². The second kappa shape index (κ2) is 6.74. The third kappa shape index (κ3) is 3.37. The Kier molecular flexibility index (Phi) is 5.21. The summed E-state index contributed by atoms with van der Waals surface area (Å²) in [6.45, 7) is 3.53. The molecule has 0 atom stereocenters. The normalized spacial score (nSPS) is 15.5. The van der Waals surface area contributed by atoms with E-state index in [1.807, 2.05) is 0 Å². The largest absolute Gasteiger partial charge is 0.346 e. The number of aromatic nitrogens is 1. The van der Waals surface area contributed by atoms with Crippen LogP contribution in [0.1, 0.15) is 0 Å². The minimum Gasteiger partial charge on any atom is -0.346 e. The average molecular weight is 346 g/mol. The van der Waals surface area contributed by atoms with Crippen molar-refractivity contribution in [3.05, 3.63) is 35.7 Å². The van der Waals surface area contributed by atoms with E-state index < -0.39 is 9.84 Å². The summed E-state index contributed by atoms with van der Waals surface area (Å²) in [4.78, 5) is 6.72. The molecule has 2 heterocycles. The summed E-state index contributed by atoms with van der Waals surface area (Å²) < 4.78 is 24.9. The molecule has 1 aromatic heterocycles. The third-order valence-electron chi connectivity index (χ3n) is 3.19. The molecule has 0 amide bonds. The van der Waals surface area contributed by atoms with Crippen LogP contribution in [0.5, 0.6) is 0 Å². The number of nitrogens with one attached hydrogen (secondary N) is 1. The fourth-order valence-electron chi connectivity index (χ4n) is 2.10. The summed E-state index contributed by atoms with van der Waals surface area (Å²) in [6, 6.07) is 8.43. The number of piperazine rings is 1. The Balaban J connectivity index is 0.00000161. The van der Waals surface area contributed by atoms with Gasteiger partial charge in [0.15, 0.2) is 10.2 Å². The van der Waals surface area contributed by atoms with Gasteiger partial charge in [-0.05, 0) is 12.1 Å². The van der Waals surface area contributed by atoms with Crippen LogP contribution in [0, 0.1) is 0 Å². The summed E-state index contributed by atoms with van der Waals surface area (Å²) in [5.74, 6) is 0. The molecule has 21 heavy (non-hydrogen) atoms. The number of benzene rings is 1. The molecule has 1 saturated heterocycles. The molecule has 0 unspecified atom stereocenters. The van der Waals surface area contributed by atoms with Crippen molar-refractivity contribution >= 4 is 38.7 Å². The minimum atomic E-state index is -3.50. The first-order chi connectivity index (χ1) is 9.68. The highest BCUT2D eigenvalue weighted by atomic mass is 35.5. The molecule has 1 N–H and O–H groups in total. The van der Waals surface area contributed by atoms with Gasteiger partial charge in [0.1, 0.15) is 0 Å². The maximum Gasteiger partial charge on any atom is 0.224 e. The van der Waals surface area contributed by atoms with Crippen LogP contribution in [-0.2, 0) is 9.84 Å². The lowest BCUT2D eigenvalue weighted by Crippen LogP contribution is -2.43. The molecule has 5 nitrogen and oxygen atoms in total. The number of anilines is 1. The van der Waals surface area contributed by atoms with Crippen LogP contribution in [0.3, 0.4) is 0 Å². The van der Waals surface area contributed by atoms with Crippen molar-refractivity contribution in [3.63, 3.8) is 0 Å². The highest BCUT2D eigenvalue weighted by Gasteiger charge is 2.23. The van der Waals surface area contributed by atoms with E-state index in [0.717, 1.165) is 31.3 Å². The van der Waals surface area contributed by atoms with Gasteiger partial charge in [0.05, 0.1) is 4.90 Å². The van der Waals surface area contributed by atoms with Crippen molar-refractivity contribution in [2.24, 2.45) is 0 Å². The average Bonchev–Trinajstić information content (AvgIpc) is 3.00. The Labute approximate surface area is 134 Å². The number of rotatable bonds is 3. The Morgan fingerprint density at radius 1 is 1.14 bits per heavy atom. The van der Waals surface area contributed by atoms with Crippen molar-refractivity contribution in [1.29, 1.82) is 0 Å². The van der Waals surface area contributed by atoms with Crippen LogP contribution in [-0.4, -0.2) is 39.6 Å². The van der Waals surface area contributed by atoms with Crippen LogP contribution in [0.2, 0.25) is 0 Å². The molecule has 1 aromatic carbocycles. The van der Waals surface area contributed by atoms with Gasteiger partial charge < -0.3 is 10.2 Å². The molecule has 0 bridgehead atoms. The zero-order chi connectivity index (χ0) is 14.0. The highest BCUT2D eigenvalue weighted by Crippen LogP contribution is 2.27. The Bertz CT molecular complexity index is 682. The Morgan fingerprint density at radius 2 is 1.81 bits per heavy atom. The molecule has 1 fully saturated rings. The van der Waals surface area contributed by atoms with E-state index in [4.69, 9.17) is 0 Å². The lowest BCUT2D eigenvalue weighted by molar-refractivity contribution is 0.583. The first-order valence-electron chi connectivity index (χ1n) is 6.39. The molecule has 3 rings (SSSR count). The molecule has 1 aliphatic rings. The van der Waals surface area contributed by atoms with Gasteiger partial charge in [-0.3, -0.25) is 0 Å². The third-order valence-corrected chi connectivity index (χ3v) is 5.89. The van der Waals surface area contributed by atoms with Crippen LogP contribution >= 0.6 is 23.7 Å². The summed E-state index contributed by atoms with van der Waals surface area (Å²) in [5, 5.41) is 5.81. The second-order valence-corrected chi connectivity index (χ2v) is 7.25. The quantitative estimate of drug-likeness (QED) is 0.919. The predicted molar refractivity (Wildman–Crippen MR) is 86.3 cm³/mol. The van der Waals surface area contributed by atoms with Crippen LogP contribution < -0.4 is 10.2 Å². The monoisotopic (exact) mass is 345 g/mol. The fourth-order valence-corrected chi connectivity index (χ4v) is 4.51. The van der Waals surface area contributed by atoms with Gasteiger partial charge in [-0.2, -0.15) is 0 Å². The van der Waals surface area contributed by atoms with Crippen molar-refractivity contribution in [2.45, 2.75) is 9.92 Å². The summed E-state index contributed by atoms with van der Waals surface area (Å²) in [5.41, 5.74) is 0. The van der Waals surface area contributed by atoms with Gasteiger partial charge in [-0.25, -0.2) is 13.4 Å². The van der Waals surface area contributed by atoms with Gasteiger partial charge >= 0.3 is 0 Å². The van der Waals surface area contributed by atoms with Crippen molar-refractivity contribution < 1.29 is 8.42 Å². The molecule has 0 radical (unpaired) electrons. The standard InChI is InChI=1S/C13H15N3O2S2.ClH/c17-20(18,11-4-2-1-3-5-11)12-10-19-13(15-12)16-8-6-14-7-9-16;/h1-5,10,14H,6-9H2;1H. The molecule has 114 valence electrons. The van der Waals surface area contributed by atoms with E-state index in [0.29, 0.717) is 0 Å². The summed E-state index contributed by atoms with van der Waals surface area (Å²) in [6.07, 6.45) is 0. The van der Waals surface area contributed by atoms with E-state index in [2.05, 4.69) is 15.2 Å². The zero-order valence-corrected chi connectivity index (χ0v) is 13.7. The van der Waals surface area contributed by atoms with E-state index in [-0.39, 0.29) is 22.3 Å². The minimum absolute atomic E-state index is 0. The predicted octanol–water partition coefficient (Wildman–Crippen LogP) is 1.81. The van der Waals surface area contributed by atoms with Gasteiger partial charge in [0, 0.05) is 31.6 Å². The molecule has 1 aliphatic heterocycles. The smallest absolute Gasteiger partial charge is 0.224 e. The highest BCUT2D eigenvalue weighted by molar-refractivity contribution is 7.91. The maximum atomic E-state index is 12.4. The van der Waals surface area contributed by atoms with Crippen LogP contribution in [0.4, 0.5) is 5.13 Å². The molecular weight excluding hydrogens is 330 g/mol. The van der Waals surface area contributed by atoms with Gasteiger partial charge in [-0.1, -0.05) is 18.2 Å². The molecular formula is C13H16ClN3O2S2.